The average Bonchev–Trinajstić information content (AvgIpc) is 1.57. The van der Waals surface area contributed by atoms with E-state index < -0.39 is 0 Å². The fourth-order valence-corrected chi connectivity index (χ4v) is 16.5. The van der Waals surface area contributed by atoms with Crippen LogP contribution in [0.5, 0.6) is 0 Å². The lowest BCUT2D eigenvalue weighted by Crippen LogP contribution is -1.97. The number of nitrogens with zero attached hydrogens (tertiary/aromatic N) is 8. The summed E-state index contributed by atoms with van der Waals surface area (Å²) in [6.45, 7) is 0. The molecule has 8 heterocycles. The number of hydrogen-bond acceptors (Lipinski definition) is 12. The molecule has 0 saturated carbocycles. The van der Waals surface area contributed by atoms with Crippen LogP contribution in [0.15, 0.2) is 312 Å². The van der Waals surface area contributed by atoms with Crippen molar-refractivity contribution in [3.63, 3.8) is 0 Å². The van der Waals surface area contributed by atoms with Crippen LogP contribution in [0.4, 0.5) is 0 Å². The number of aromatic nitrogens is 8. The van der Waals surface area contributed by atoms with E-state index in [-0.39, 0.29) is 0 Å². The largest absolute Gasteiger partial charge is 0.452 e. The maximum absolute atomic E-state index is 6.52. The summed E-state index contributed by atoms with van der Waals surface area (Å²) in [5, 5.41) is 6.19. The molecule has 0 N–H and O–H groups in total. The molecule has 0 fully saturated rings. The van der Waals surface area contributed by atoms with Crippen molar-refractivity contribution in [3.8, 4) is 124 Å². The molecule has 466 valence electrons. The molecule has 0 bridgehead atoms. The van der Waals surface area contributed by atoms with Crippen LogP contribution in [-0.2, 0) is 0 Å². The van der Waals surface area contributed by atoms with Crippen LogP contribution < -0.4 is 0 Å². The number of fused-ring (bicyclic) bond motifs is 12. The standard InChI is InChI=1S/C88H50N8O2S2/c1-6-23-51(24-7-1)68-49-69(52-25-8-2-9-26-52)91-88(90-68)67-47-59(46-66-60-44-43-58(48-75(60)100-84(66)67)85-93-77(54-29-12-4-13-30-54)81-79(95-85)61-35-16-18-40-72(61)97-81)56-33-20-34-57(45-56)71-50-70(53-27-10-3-11-28-53)89-87(92-71)65-39-21-37-63-76-64(38-22-42-74(76)99-83(63)65)86-94-78(55-31-14-5-15-32-55)82-80(96-86)62-36-17-19-41-73(62)98-82/h1-50H. The monoisotopic (exact) mass is 1310 g/mol. The Labute approximate surface area is 579 Å². The summed E-state index contributed by atoms with van der Waals surface area (Å²) >= 11 is 3.46. The SMILES string of the molecule is c1ccc(-c2cc(-c3ccccc3)nc(-c3cc(-c4cccc(-c5cc(-c6ccccc6)nc(-c6cccc7c6sc6cccc(-c8nc(-c9ccccc9)c9oc%10ccccc%10c9n8)c67)n5)c4)cc4c3sc3cc(-c5nc(-c6ccccc6)c6oc7ccccc7c6n5)ccc34)n2)cc1. The number of rotatable bonds is 11. The van der Waals surface area contributed by atoms with E-state index in [4.69, 9.17) is 48.7 Å². The first-order valence-electron chi connectivity index (χ1n) is 33.0. The third-order valence-electron chi connectivity index (χ3n) is 18.8. The lowest BCUT2D eigenvalue weighted by atomic mass is 9.96. The molecule has 20 rings (SSSR count). The molecule has 100 heavy (non-hydrogen) atoms. The molecule has 0 radical (unpaired) electrons. The van der Waals surface area contributed by atoms with Gasteiger partial charge < -0.3 is 8.83 Å². The third-order valence-corrected chi connectivity index (χ3v) is 21.2. The van der Waals surface area contributed by atoms with Gasteiger partial charge in [-0.2, -0.15) is 0 Å². The molecular formula is C88H50N8O2S2. The highest BCUT2D eigenvalue weighted by molar-refractivity contribution is 7.26. The Morgan fingerprint density at radius 2 is 0.670 bits per heavy atom. The fourth-order valence-electron chi connectivity index (χ4n) is 14.0. The van der Waals surface area contributed by atoms with Gasteiger partial charge in [0.25, 0.3) is 0 Å². The van der Waals surface area contributed by atoms with Crippen molar-refractivity contribution in [3.05, 3.63) is 303 Å². The van der Waals surface area contributed by atoms with Gasteiger partial charge in [-0.3, -0.25) is 0 Å². The summed E-state index contributed by atoms with van der Waals surface area (Å²) in [4.78, 5) is 43.2. The van der Waals surface area contributed by atoms with Gasteiger partial charge in [0.15, 0.2) is 34.5 Å². The first-order chi connectivity index (χ1) is 49.5. The minimum absolute atomic E-state index is 0.612. The lowest BCUT2D eigenvalue weighted by Gasteiger charge is -2.13. The van der Waals surface area contributed by atoms with E-state index >= 15 is 0 Å². The van der Waals surface area contributed by atoms with Crippen molar-refractivity contribution in [1.29, 1.82) is 0 Å². The second-order valence-corrected chi connectivity index (χ2v) is 27.0. The number of thiophene rings is 2. The van der Waals surface area contributed by atoms with Crippen molar-refractivity contribution in [1.82, 2.24) is 39.9 Å². The third kappa shape index (κ3) is 9.75. The second kappa shape index (κ2) is 23.4. The zero-order chi connectivity index (χ0) is 65.8. The van der Waals surface area contributed by atoms with Crippen LogP contribution in [0, 0.1) is 0 Å². The van der Waals surface area contributed by atoms with Crippen molar-refractivity contribution < 1.29 is 8.83 Å². The quantitative estimate of drug-likeness (QED) is 0.123. The first-order valence-corrected chi connectivity index (χ1v) is 34.7. The van der Waals surface area contributed by atoms with E-state index in [2.05, 4.69) is 212 Å². The van der Waals surface area contributed by atoms with E-state index in [1.807, 2.05) is 91.0 Å². The predicted molar refractivity (Wildman–Crippen MR) is 409 cm³/mol. The van der Waals surface area contributed by atoms with Gasteiger partial charge in [0.05, 0.1) is 22.8 Å². The van der Waals surface area contributed by atoms with Crippen LogP contribution in [0.3, 0.4) is 0 Å². The average molecular weight is 1320 g/mol. The molecule has 12 aromatic carbocycles. The van der Waals surface area contributed by atoms with Crippen LogP contribution in [-0.4, -0.2) is 39.9 Å². The van der Waals surface area contributed by atoms with Crippen molar-refractivity contribution >= 4 is 107 Å². The van der Waals surface area contributed by atoms with E-state index in [9.17, 15) is 0 Å². The highest BCUT2D eigenvalue weighted by Gasteiger charge is 2.25. The molecule has 0 aliphatic carbocycles. The first kappa shape index (κ1) is 57.3. The molecular weight excluding hydrogens is 1270 g/mol. The predicted octanol–water partition coefficient (Wildman–Crippen LogP) is 23.7. The molecule has 0 unspecified atom stereocenters. The molecule has 20 aromatic rings. The highest BCUT2D eigenvalue weighted by atomic mass is 32.1. The maximum Gasteiger partial charge on any atom is 0.180 e. The van der Waals surface area contributed by atoms with Gasteiger partial charge in [0.1, 0.15) is 33.6 Å². The van der Waals surface area contributed by atoms with Gasteiger partial charge in [-0.15, -0.1) is 22.7 Å². The summed E-state index contributed by atoms with van der Waals surface area (Å²) < 4.78 is 17.3. The van der Waals surface area contributed by atoms with Crippen LogP contribution in [0.2, 0.25) is 0 Å². The van der Waals surface area contributed by atoms with Gasteiger partial charge in [-0.05, 0) is 83.9 Å². The maximum atomic E-state index is 6.52. The van der Waals surface area contributed by atoms with Gasteiger partial charge >= 0.3 is 0 Å². The molecule has 0 atom stereocenters. The molecule has 0 aliphatic rings. The molecule has 0 amide bonds. The number of para-hydroxylation sites is 2. The molecule has 10 nitrogen and oxygen atoms in total. The van der Waals surface area contributed by atoms with Crippen LogP contribution in [0.25, 0.3) is 209 Å². The lowest BCUT2D eigenvalue weighted by molar-refractivity contribution is 0.667. The van der Waals surface area contributed by atoms with Crippen LogP contribution >= 0.6 is 22.7 Å². The Bertz CT molecular complexity index is 6600. The summed E-state index contributed by atoms with van der Waals surface area (Å²) in [6, 6.07) is 105. The number of hydrogen-bond donors (Lipinski definition) is 0. The van der Waals surface area contributed by atoms with Gasteiger partial charge in [0.2, 0.25) is 0 Å². The van der Waals surface area contributed by atoms with Crippen molar-refractivity contribution in [2.75, 3.05) is 0 Å². The number of benzene rings is 12. The normalized spacial score (nSPS) is 11.8. The Kier molecular flexibility index (Phi) is 13.4. The molecule has 12 heteroatoms. The smallest absolute Gasteiger partial charge is 0.180 e. The summed E-state index contributed by atoms with van der Waals surface area (Å²) in [5.41, 5.74) is 20.6. The van der Waals surface area contributed by atoms with Gasteiger partial charge in [0, 0.05) is 107 Å². The van der Waals surface area contributed by atoms with Crippen molar-refractivity contribution in [2.24, 2.45) is 0 Å². The summed E-state index contributed by atoms with van der Waals surface area (Å²) in [7, 11) is 0. The van der Waals surface area contributed by atoms with E-state index in [0.717, 1.165) is 174 Å². The minimum atomic E-state index is 0.612. The fraction of sp³-hybridized carbons (Fsp3) is 0. The molecule has 0 saturated heterocycles. The topological polar surface area (TPSA) is 129 Å². The zero-order valence-corrected chi connectivity index (χ0v) is 54.7. The van der Waals surface area contributed by atoms with E-state index in [0.29, 0.717) is 34.5 Å². The minimum Gasteiger partial charge on any atom is -0.452 e. The molecule has 8 aromatic heterocycles. The zero-order valence-electron chi connectivity index (χ0n) is 53.1. The van der Waals surface area contributed by atoms with E-state index in [1.54, 1.807) is 22.7 Å². The summed E-state index contributed by atoms with van der Waals surface area (Å²) in [6.07, 6.45) is 0. The highest BCUT2D eigenvalue weighted by Crippen LogP contribution is 2.48. The molecule has 0 aliphatic heterocycles. The Balaban J connectivity index is 0.755. The van der Waals surface area contributed by atoms with Gasteiger partial charge in [-0.25, -0.2) is 39.9 Å². The van der Waals surface area contributed by atoms with E-state index in [1.165, 1.54) is 0 Å². The Morgan fingerprint density at radius 1 is 0.230 bits per heavy atom. The Morgan fingerprint density at radius 3 is 1.27 bits per heavy atom. The number of furan rings is 2. The second-order valence-electron chi connectivity index (χ2n) is 24.9. The van der Waals surface area contributed by atoms with Crippen molar-refractivity contribution in [2.45, 2.75) is 0 Å². The molecule has 0 spiro atoms. The van der Waals surface area contributed by atoms with Gasteiger partial charge in [-0.1, -0.05) is 231 Å². The van der Waals surface area contributed by atoms with Crippen LogP contribution in [0.1, 0.15) is 0 Å². The Hall–Kier alpha value is -13.0. The summed E-state index contributed by atoms with van der Waals surface area (Å²) in [5.74, 6) is 2.47.